The van der Waals surface area contributed by atoms with Crippen LogP contribution in [0.5, 0.6) is 0 Å². The molecule has 0 unspecified atom stereocenters. The normalized spacial score (nSPS) is 16.9. The molecule has 1 saturated carbocycles. The van der Waals surface area contributed by atoms with E-state index in [0.29, 0.717) is 15.1 Å². The molecular formula is C11H11BrClNO2. The summed E-state index contributed by atoms with van der Waals surface area (Å²) in [7, 11) is 0. The Morgan fingerprint density at radius 1 is 1.56 bits per heavy atom. The number of aliphatic hydroxyl groups is 1. The highest BCUT2D eigenvalue weighted by molar-refractivity contribution is 9.10. The van der Waals surface area contributed by atoms with E-state index in [4.69, 9.17) is 16.7 Å². The first-order chi connectivity index (χ1) is 7.56. The van der Waals surface area contributed by atoms with E-state index in [2.05, 4.69) is 21.2 Å². The average Bonchev–Trinajstić information content (AvgIpc) is 2.98. The molecule has 0 atom stereocenters. The molecule has 5 heteroatoms. The van der Waals surface area contributed by atoms with Crippen LogP contribution in [-0.2, 0) is 0 Å². The Balaban J connectivity index is 2.15. The second-order valence-corrected chi connectivity index (χ2v) is 5.31. The minimum absolute atomic E-state index is 0.00997. The van der Waals surface area contributed by atoms with Crippen molar-refractivity contribution < 1.29 is 9.90 Å². The molecule has 0 aliphatic heterocycles. The van der Waals surface area contributed by atoms with Gasteiger partial charge >= 0.3 is 0 Å². The largest absolute Gasteiger partial charge is 0.394 e. The second kappa shape index (κ2) is 4.35. The molecule has 1 amide bonds. The molecule has 0 heterocycles. The van der Waals surface area contributed by atoms with Gasteiger partial charge in [0.1, 0.15) is 0 Å². The van der Waals surface area contributed by atoms with Crippen LogP contribution in [0, 0.1) is 0 Å². The average molecular weight is 305 g/mol. The maximum Gasteiger partial charge on any atom is 0.252 e. The quantitative estimate of drug-likeness (QED) is 0.900. The predicted octanol–water partition coefficient (Wildman–Crippen LogP) is 2.36. The number of hydrogen-bond donors (Lipinski definition) is 2. The highest BCUT2D eigenvalue weighted by Gasteiger charge is 2.43. The van der Waals surface area contributed by atoms with Gasteiger partial charge < -0.3 is 10.4 Å². The number of aliphatic hydroxyl groups excluding tert-OH is 1. The zero-order chi connectivity index (χ0) is 11.8. The summed E-state index contributed by atoms with van der Waals surface area (Å²) in [5, 5.41) is 12.5. The van der Waals surface area contributed by atoms with Crippen LogP contribution in [0.3, 0.4) is 0 Å². The number of benzene rings is 1. The lowest BCUT2D eigenvalue weighted by atomic mass is 10.2. The summed E-state index contributed by atoms with van der Waals surface area (Å²) in [5.41, 5.74) is 0.139. The van der Waals surface area contributed by atoms with E-state index in [9.17, 15) is 4.79 Å². The summed E-state index contributed by atoms with van der Waals surface area (Å²) in [4.78, 5) is 11.9. The summed E-state index contributed by atoms with van der Waals surface area (Å²) >= 11 is 9.08. The molecular weight excluding hydrogens is 293 g/mol. The first-order valence-corrected chi connectivity index (χ1v) is 6.12. The van der Waals surface area contributed by atoms with E-state index in [-0.39, 0.29) is 12.5 Å². The number of carbonyl (C=O) groups excluding carboxylic acids is 1. The Morgan fingerprint density at radius 3 is 2.75 bits per heavy atom. The van der Waals surface area contributed by atoms with E-state index in [1.807, 2.05) is 0 Å². The van der Waals surface area contributed by atoms with Crippen molar-refractivity contribution in [3.05, 3.63) is 33.3 Å². The van der Waals surface area contributed by atoms with Crippen molar-refractivity contribution in [3.8, 4) is 0 Å². The molecule has 1 aromatic carbocycles. The number of halogens is 2. The lowest BCUT2D eigenvalue weighted by molar-refractivity contribution is 0.0906. The number of hydrogen-bond acceptors (Lipinski definition) is 2. The monoisotopic (exact) mass is 303 g/mol. The Morgan fingerprint density at radius 2 is 2.25 bits per heavy atom. The van der Waals surface area contributed by atoms with Crippen LogP contribution in [-0.4, -0.2) is 23.2 Å². The SMILES string of the molecule is O=C(NC1(CO)CC1)c1ccc(Cl)cc1Br. The van der Waals surface area contributed by atoms with Crippen LogP contribution in [0.1, 0.15) is 23.2 Å². The lowest BCUT2D eigenvalue weighted by Gasteiger charge is -2.14. The summed E-state index contributed by atoms with van der Waals surface area (Å²) in [6, 6.07) is 5.00. The molecule has 0 saturated heterocycles. The van der Waals surface area contributed by atoms with Crippen molar-refractivity contribution in [3.63, 3.8) is 0 Å². The molecule has 0 spiro atoms. The summed E-state index contributed by atoms with van der Waals surface area (Å²) in [6.45, 7) is -0.00997. The zero-order valence-corrected chi connectivity index (χ0v) is 10.8. The highest BCUT2D eigenvalue weighted by atomic mass is 79.9. The van der Waals surface area contributed by atoms with Crippen LogP contribution < -0.4 is 5.32 Å². The van der Waals surface area contributed by atoms with Gasteiger partial charge in [0.25, 0.3) is 5.91 Å². The van der Waals surface area contributed by atoms with Gasteiger partial charge in [0.15, 0.2) is 0 Å². The highest BCUT2D eigenvalue weighted by Crippen LogP contribution is 2.35. The van der Waals surface area contributed by atoms with E-state index in [1.54, 1.807) is 18.2 Å². The molecule has 1 aliphatic rings. The molecule has 3 nitrogen and oxygen atoms in total. The Bertz CT molecular complexity index is 432. The Kier molecular flexibility index (Phi) is 3.24. The fourth-order valence-corrected chi connectivity index (χ4v) is 2.32. The summed E-state index contributed by atoms with van der Waals surface area (Å²) < 4.78 is 0.659. The number of nitrogens with one attached hydrogen (secondary N) is 1. The van der Waals surface area contributed by atoms with Crippen molar-refractivity contribution in [2.45, 2.75) is 18.4 Å². The van der Waals surface area contributed by atoms with Gasteiger partial charge in [-0.2, -0.15) is 0 Å². The minimum atomic E-state index is -0.393. The van der Waals surface area contributed by atoms with Crippen molar-refractivity contribution in [2.24, 2.45) is 0 Å². The Labute approximate surface area is 107 Å². The van der Waals surface area contributed by atoms with Crippen LogP contribution in [0.4, 0.5) is 0 Å². The topological polar surface area (TPSA) is 49.3 Å². The van der Waals surface area contributed by atoms with Crippen LogP contribution in [0.15, 0.2) is 22.7 Å². The van der Waals surface area contributed by atoms with Gasteiger partial charge in [0.2, 0.25) is 0 Å². The third-order valence-corrected chi connectivity index (χ3v) is 3.60. The number of carbonyl (C=O) groups is 1. The molecule has 1 fully saturated rings. The summed E-state index contributed by atoms with van der Waals surface area (Å²) in [6.07, 6.45) is 1.67. The molecule has 0 radical (unpaired) electrons. The van der Waals surface area contributed by atoms with Crippen molar-refractivity contribution >= 4 is 33.4 Å². The second-order valence-electron chi connectivity index (χ2n) is 4.02. The number of amides is 1. The van der Waals surface area contributed by atoms with Crippen LogP contribution in [0.2, 0.25) is 5.02 Å². The minimum Gasteiger partial charge on any atom is -0.394 e. The van der Waals surface area contributed by atoms with Crippen molar-refractivity contribution in [2.75, 3.05) is 6.61 Å². The first kappa shape index (κ1) is 11.9. The molecule has 0 bridgehead atoms. The molecule has 2 N–H and O–H groups in total. The molecule has 1 aromatic rings. The smallest absolute Gasteiger partial charge is 0.252 e. The summed E-state index contributed by atoms with van der Waals surface area (Å²) in [5.74, 6) is -0.185. The van der Waals surface area contributed by atoms with E-state index < -0.39 is 5.54 Å². The van der Waals surface area contributed by atoms with Crippen molar-refractivity contribution in [1.82, 2.24) is 5.32 Å². The third-order valence-electron chi connectivity index (χ3n) is 2.71. The number of rotatable bonds is 3. The van der Waals surface area contributed by atoms with Gasteiger partial charge in [-0.1, -0.05) is 11.6 Å². The molecule has 1 aliphatic carbocycles. The zero-order valence-electron chi connectivity index (χ0n) is 8.46. The first-order valence-electron chi connectivity index (χ1n) is 4.95. The standard InChI is InChI=1S/C11H11BrClNO2/c12-9-5-7(13)1-2-8(9)10(16)14-11(6-15)3-4-11/h1-2,5,15H,3-4,6H2,(H,14,16). The van der Waals surface area contributed by atoms with Gasteiger partial charge in [-0.05, 0) is 47.0 Å². The Hall–Kier alpha value is -0.580. The van der Waals surface area contributed by atoms with Gasteiger partial charge in [-0.3, -0.25) is 4.79 Å². The van der Waals surface area contributed by atoms with Crippen LogP contribution >= 0.6 is 27.5 Å². The van der Waals surface area contributed by atoms with Gasteiger partial charge in [-0.15, -0.1) is 0 Å². The van der Waals surface area contributed by atoms with Crippen LogP contribution in [0.25, 0.3) is 0 Å². The lowest BCUT2D eigenvalue weighted by Crippen LogP contribution is -2.39. The van der Waals surface area contributed by atoms with Gasteiger partial charge in [0.05, 0.1) is 17.7 Å². The van der Waals surface area contributed by atoms with Gasteiger partial charge in [-0.25, -0.2) is 0 Å². The maximum absolute atomic E-state index is 11.9. The molecule has 86 valence electrons. The fourth-order valence-electron chi connectivity index (χ4n) is 1.46. The third kappa shape index (κ3) is 2.39. The van der Waals surface area contributed by atoms with E-state index >= 15 is 0 Å². The molecule has 0 aromatic heterocycles. The van der Waals surface area contributed by atoms with Crippen molar-refractivity contribution in [1.29, 1.82) is 0 Å². The van der Waals surface area contributed by atoms with E-state index in [0.717, 1.165) is 12.8 Å². The predicted molar refractivity (Wildman–Crippen MR) is 65.7 cm³/mol. The fraction of sp³-hybridized carbons (Fsp3) is 0.364. The van der Waals surface area contributed by atoms with Gasteiger partial charge in [0, 0.05) is 9.50 Å². The maximum atomic E-state index is 11.9. The molecule has 2 rings (SSSR count). The molecule has 16 heavy (non-hydrogen) atoms. The van der Waals surface area contributed by atoms with E-state index in [1.165, 1.54) is 0 Å².